The van der Waals surface area contributed by atoms with Gasteiger partial charge in [0, 0.05) is 6.20 Å². The maximum atomic E-state index is 5.25. The molecule has 4 aromatic heterocycles. The standard InChI is InChI=1S/C34H31N5.Ni/c1-7-20-18(5)27-15-31-23-12-13-35-25-11-10-24(34(39-31)32(23)25)33-22(9-3)19(6)28(38-33)16-30-21(8-2)17(4)26(36-30)14-29(20)37-27;/h10-16H,7-9H2,1-6H3;/q-2;+2. The minimum absolute atomic E-state index is 0. The third-order valence-electron chi connectivity index (χ3n) is 8.65. The summed E-state index contributed by atoms with van der Waals surface area (Å²) in [7, 11) is 0. The van der Waals surface area contributed by atoms with E-state index in [9.17, 15) is 0 Å². The molecule has 2 aliphatic rings. The summed E-state index contributed by atoms with van der Waals surface area (Å²) >= 11 is 0. The van der Waals surface area contributed by atoms with Gasteiger partial charge in [-0.15, -0.1) is 22.1 Å². The van der Waals surface area contributed by atoms with E-state index in [0.717, 1.165) is 85.8 Å². The number of hydrogen-bond donors (Lipinski definition) is 0. The Morgan fingerprint density at radius 2 is 1.38 bits per heavy atom. The number of aromatic nitrogens is 5. The maximum Gasteiger partial charge on any atom is 2.00 e. The average molecular weight is 568 g/mol. The van der Waals surface area contributed by atoms with E-state index in [1.54, 1.807) is 0 Å². The number of benzene rings is 1. The molecule has 1 aromatic carbocycles. The van der Waals surface area contributed by atoms with E-state index in [-0.39, 0.29) is 16.5 Å². The zero-order chi connectivity index (χ0) is 27.0. The molecule has 0 saturated carbocycles. The van der Waals surface area contributed by atoms with E-state index >= 15 is 0 Å². The average Bonchev–Trinajstić information content (AvgIpc) is 3.63. The minimum Gasteiger partial charge on any atom is -0.657 e. The van der Waals surface area contributed by atoms with Gasteiger partial charge >= 0.3 is 16.5 Å². The molecule has 7 rings (SSSR count). The smallest absolute Gasteiger partial charge is 0.657 e. The summed E-state index contributed by atoms with van der Waals surface area (Å²) in [6, 6.07) is 12.8. The van der Waals surface area contributed by atoms with Gasteiger partial charge in [-0.05, 0) is 90.6 Å². The van der Waals surface area contributed by atoms with E-state index in [1.165, 1.54) is 33.4 Å². The number of rotatable bonds is 3. The van der Waals surface area contributed by atoms with Crippen molar-refractivity contribution in [1.29, 1.82) is 0 Å². The van der Waals surface area contributed by atoms with Crippen LogP contribution in [0.25, 0.3) is 66.0 Å². The molecule has 202 valence electrons. The third-order valence-corrected chi connectivity index (χ3v) is 8.65. The number of allylic oxidation sites excluding steroid dienone is 4. The molecule has 0 N–H and O–H groups in total. The van der Waals surface area contributed by atoms with Gasteiger partial charge in [-0.1, -0.05) is 56.2 Å². The van der Waals surface area contributed by atoms with Crippen molar-refractivity contribution in [3.8, 4) is 0 Å². The second-order valence-corrected chi connectivity index (χ2v) is 10.6. The van der Waals surface area contributed by atoms with E-state index in [1.807, 2.05) is 6.20 Å². The second-order valence-electron chi connectivity index (χ2n) is 10.6. The molecular weight excluding hydrogens is 537 g/mol. The molecule has 0 spiro atoms. The fraction of sp³-hybridized carbons (Fsp3) is 0.265. The molecule has 0 unspecified atom stereocenters. The predicted octanol–water partition coefficient (Wildman–Crippen LogP) is 8.26. The molecule has 6 heteroatoms. The topological polar surface area (TPSA) is 66.9 Å². The Morgan fingerprint density at radius 1 is 0.675 bits per heavy atom. The van der Waals surface area contributed by atoms with Crippen molar-refractivity contribution >= 4 is 66.0 Å². The maximum absolute atomic E-state index is 5.25. The van der Waals surface area contributed by atoms with Crippen LogP contribution in [-0.2, 0) is 22.9 Å². The van der Waals surface area contributed by atoms with Crippen LogP contribution >= 0.6 is 0 Å². The Balaban J connectivity index is 0.00000289. The molecule has 8 bridgehead atoms. The zero-order valence-corrected chi connectivity index (χ0v) is 24.7. The van der Waals surface area contributed by atoms with Crippen molar-refractivity contribution in [2.24, 2.45) is 0 Å². The van der Waals surface area contributed by atoms with Gasteiger partial charge in [0.1, 0.15) is 0 Å². The SMILES string of the molecule is CCC1=C(C)c2cc3[n-]c4c(ccc5nccc3c54)c3nc(cc4[n-]c(cc1n2)c(C)c4CC)C(C)=C3CC.[Ni+2]. The molecule has 5 nitrogen and oxygen atoms in total. The Hall–Kier alpha value is -3.76. The van der Waals surface area contributed by atoms with Gasteiger partial charge in [-0.2, -0.15) is 0 Å². The molecule has 0 aliphatic carbocycles. The van der Waals surface area contributed by atoms with Crippen LogP contribution < -0.4 is 9.97 Å². The molecule has 0 saturated heterocycles. The molecule has 40 heavy (non-hydrogen) atoms. The summed E-state index contributed by atoms with van der Waals surface area (Å²) in [5, 5.41) is 3.26. The largest absolute Gasteiger partial charge is 2.00 e. The van der Waals surface area contributed by atoms with Crippen LogP contribution in [0.2, 0.25) is 0 Å². The molecule has 0 radical (unpaired) electrons. The molecule has 2 aliphatic heterocycles. The predicted molar refractivity (Wildman–Crippen MR) is 163 cm³/mol. The van der Waals surface area contributed by atoms with Gasteiger partial charge in [0.15, 0.2) is 0 Å². The normalized spacial score (nSPS) is 13.7. The number of nitrogens with zero attached hydrogens (tertiary/aromatic N) is 5. The van der Waals surface area contributed by atoms with E-state index in [2.05, 4.69) is 82.9 Å². The summed E-state index contributed by atoms with van der Waals surface area (Å²) in [6.07, 6.45) is 4.60. The number of fused-ring (bicyclic) bond motifs is 9. The van der Waals surface area contributed by atoms with E-state index in [4.69, 9.17) is 19.9 Å². The second kappa shape index (κ2) is 9.71. The Morgan fingerprint density at radius 3 is 2.12 bits per heavy atom. The first kappa shape index (κ1) is 26.5. The quantitative estimate of drug-likeness (QED) is 0.205. The Bertz CT molecular complexity index is 2050. The van der Waals surface area contributed by atoms with Crippen LogP contribution in [0, 0.1) is 6.92 Å². The minimum atomic E-state index is 0. The molecular formula is C34H31N5Ni. The molecule has 0 atom stereocenters. The van der Waals surface area contributed by atoms with Crippen molar-refractivity contribution in [3.05, 3.63) is 76.5 Å². The number of hydrogen-bond acceptors (Lipinski definition) is 3. The van der Waals surface area contributed by atoms with Gasteiger partial charge in [0.05, 0.1) is 28.3 Å². The van der Waals surface area contributed by atoms with Crippen LogP contribution in [0.5, 0.6) is 0 Å². The van der Waals surface area contributed by atoms with Crippen molar-refractivity contribution in [3.63, 3.8) is 0 Å². The van der Waals surface area contributed by atoms with Crippen molar-refractivity contribution in [2.45, 2.75) is 60.8 Å². The van der Waals surface area contributed by atoms with Crippen LogP contribution in [0.3, 0.4) is 0 Å². The van der Waals surface area contributed by atoms with Gasteiger partial charge in [-0.25, -0.2) is 9.97 Å². The number of aryl methyl sites for hydroxylation is 2. The van der Waals surface area contributed by atoms with Crippen molar-refractivity contribution in [2.75, 3.05) is 0 Å². The third kappa shape index (κ3) is 3.69. The van der Waals surface area contributed by atoms with Crippen molar-refractivity contribution in [1.82, 2.24) is 24.9 Å². The summed E-state index contributed by atoms with van der Waals surface area (Å²) in [5.74, 6) is 0. The molecule has 0 amide bonds. The Kier molecular flexibility index (Phi) is 6.42. The fourth-order valence-corrected chi connectivity index (χ4v) is 6.50. The monoisotopic (exact) mass is 567 g/mol. The fourth-order valence-electron chi connectivity index (χ4n) is 6.50. The molecule has 5 aromatic rings. The summed E-state index contributed by atoms with van der Waals surface area (Å²) in [5.41, 5.74) is 16.2. The van der Waals surface area contributed by atoms with Gasteiger partial charge in [-0.3, -0.25) is 4.98 Å². The van der Waals surface area contributed by atoms with Crippen molar-refractivity contribution < 1.29 is 16.5 Å². The van der Waals surface area contributed by atoms with E-state index < -0.39 is 0 Å². The van der Waals surface area contributed by atoms with Gasteiger partial charge in [0.25, 0.3) is 0 Å². The molecule has 0 fully saturated rings. The number of pyridine rings is 1. The van der Waals surface area contributed by atoms with Gasteiger partial charge < -0.3 is 9.97 Å². The van der Waals surface area contributed by atoms with Crippen LogP contribution in [0.1, 0.15) is 81.4 Å². The first-order chi connectivity index (χ1) is 18.9. The first-order valence-electron chi connectivity index (χ1n) is 14.0. The molecule has 6 heterocycles. The Labute approximate surface area is 244 Å². The summed E-state index contributed by atoms with van der Waals surface area (Å²) in [6.45, 7) is 13.1. The zero-order valence-electron chi connectivity index (χ0n) is 23.7. The van der Waals surface area contributed by atoms with Crippen LogP contribution in [0.4, 0.5) is 0 Å². The van der Waals surface area contributed by atoms with Gasteiger partial charge in [0.2, 0.25) is 0 Å². The summed E-state index contributed by atoms with van der Waals surface area (Å²) < 4.78 is 0. The van der Waals surface area contributed by atoms with E-state index in [0.29, 0.717) is 0 Å². The summed E-state index contributed by atoms with van der Waals surface area (Å²) in [4.78, 5) is 25.4. The van der Waals surface area contributed by atoms with Crippen LogP contribution in [0.15, 0.2) is 42.6 Å². The van der Waals surface area contributed by atoms with Crippen LogP contribution in [-0.4, -0.2) is 15.0 Å². The first-order valence-corrected chi connectivity index (χ1v) is 14.0.